The molecule has 0 aromatic heterocycles. The summed E-state index contributed by atoms with van der Waals surface area (Å²) in [5.74, 6) is 0. The van der Waals surface area contributed by atoms with Crippen molar-refractivity contribution in [1.29, 1.82) is 0 Å². The van der Waals surface area contributed by atoms with Crippen LogP contribution in [0.2, 0.25) is 0 Å². The summed E-state index contributed by atoms with van der Waals surface area (Å²) in [6.07, 6.45) is 12.8. The maximum absolute atomic E-state index is 3.50. The van der Waals surface area contributed by atoms with Crippen LogP contribution in [0.4, 0.5) is 0 Å². The van der Waals surface area contributed by atoms with Gasteiger partial charge in [0.25, 0.3) is 0 Å². The molecule has 1 rings (SSSR count). The van der Waals surface area contributed by atoms with Gasteiger partial charge in [0.05, 0.1) is 0 Å². The van der Waals surface area contributed by atoms with Gasteiger partial charge in [0, 0.05) is 6.54 Å². The predicted octanol–water partition coefficient (Wildman–Crippen LogP) is 1.33. The second kappa shape index (κ2) is 2.67. The lowest BCUT2D eigenvalue weighted by Gasteiger charge is -2.55. The zero-order chi connectivity index (χ0) is 8.56. The highest BCUT2D eigenvalue weighted by Crippen LogP contribution is 2.61. The number of hydrogen-bond donors (Lipinski definition) is 2. The van der Waals surface area contributed by atoms with Crippen molar-refractivity contribution in [3.63, 3.8) is 0 Å². The molecular formula is C9H23NS. The van der Waals surface area contributed by atoms with Crippen LogP contribution < -0.4 is 5.32 Å². The third kappa shape index (κ3) is 2.68. The van der Waals surface area contributed by atoms with Crippen molar-refractivity contribution in [3.8, 4) is 0 Å². The molecule has 1 N–H and O–H groups in total. The Bertz CT molecular complexity index is 130. The summed E-state index contributed by atoms with van der Waals surface area (Å²) >= 11 is 0. The Balaban J connectivity index is 2.59. The molecule has 0 radical (unpaired) electrons. The van der Waals surface area contributed by atoms with Gasteiger partial charge in [-0.3, -0.25) is 9.16 Å². The zero-order valence-corrected chi connectivity index (χ0v) is 9.25. The van der Waals surface area contributed by atoms with E-state index < -0.39 is 9.16 Å². The van der Waals surface area contributed by atoms with Gasteiger partial charge < -0.3 is 5.32 Å². The van der Waals surface area contributed by atoms with Crippen LogP contribution in [-0.4, -0.2) is 43.4 Å². The van der Waals surface area contributed by atoms with Crippen LogP contribution in [0.25, 0.3) is 0 Å². The molecule has 0 bridgehead atoms. The summed E-state index contributed by atoms with van der Waals surface area (Å²) in [6, 6.07) is 0. The van der Waals surface area contributed by atoms with Gasteiger partial charge in [-0.15, -0.1) is 0 Å². The van der Waals surface area contributed by atoms with Gasteiger partial charge in [0.2, 0.25) is 0 Å². The Morgan fingerprint density at radius 3 is 2.09 bits per heavy atom. The van der Waals surface area contributed by atoms with E-state index in [0.717, 1.165) is 5.25 Å². The molecular weight excluding hydrogens is 154 g/mol. The summed E-state index contributed by atoms with van der Waals surface area (Å²) in [6.45, 7) is 2.50. The summed E-state index contributed by atoms with van der Waals surface area (Å²) in [5, 5.41) is 4.47. The van der Waals surface area contributed by atoms with E-state index in [1.54, 1.807) is 0 Å². The monoisotopic (exact) mass is 177 g/mol. The average Bonchev–Trinajstić information content (AvgIpc) is 1.86. The topological polar surface area (TPSA) is 12.0 Å². The Morgan fingerprint density at radius 2 is 1.82 bits per heavy atom. The van der Waals surface area contributed by atoms with Gasteiger partial charge >= 0.3 is 0 Å². The zero-order valence-electron chi connectivity index (χ0n) is 8.35. The van der Waals surface area contributed by atoms with E-state index in [-0.39, 0.29) is 0 Å². The predicted molar refractivity (Wildman–Crippen MR) is 58.6 cm³/mol. The van der Waals surface area contributed by atoms with E-state index in [2.05, 4.69) is 30.3 Å². The molecule has 1 saturated heterocycles. The van der Waals surface area contributed by atoms with E-state index in [1.165, 1.54) is 25.9 Å². The third-order valence-electron chi connectivity index (χ3n) is 2.73. The third-order valence-corrected chi connectivity index (χ3v) is 6.09. The molecule has 11 heavy (non-hydrogen) atoms. The molecule has 0 amide bonds. The SMILES string of the molecule is C[SH](C)(C)(C)C1CCCNC1. The number of rotatable bonds is 1. The van der Waals surface area contributed by atoms with Gasteiger partial charge in [-0.05, 0) is 49.7 Å². The smallest absolute Gasteiger partial charge is 0.00424 e. The fraction of sp³-hybridized carbons (Fsp3) is 1.00. The van der Waals surface area contributed by atoms with Crippen molar-refractivity contribution < 1.29 is 0 Å². The fourth-order valence-electron chi connectivity index (χ4n) is 1.71. The summed E-state index contributed by atoms with van der Waals surface area (Å²) in [5.41, 5.74) is 0. The number of hydrogen-bond acceptors (Lipinski definition) is 1. The molecule has 1 atom stereocenters. The van der Waals surface area contributed by atoms with Crippen molar-refractivity contribution in [1.82, 2.24) is 5.32 Å². The van der Waals surface area contributed by atoms with Crippen LogP contribution in [0.1, 0.15) is 12.8 Å². The molecule has 1 unspecified atom stereocenters. The van der Waals surface area contributed by atoms with Crippen LogP contribution in [0, 0.1) is 0 Å². The first-order valence-electron chi connectivity index (χ1n) is 4.57. The lowest BCUT2D eigenvalue weighted by Crippen LogP contribution is -2.41. The maximum atomic E-state index is 3.50. The first-order valence-corrected chi connectivity index (χ1v) is 8.66. The van der Waals surface area contributed by atoms with Crippen LogP contribution in [0.3, 0.4) is 0 Å². The van der Waals surface area contributed by atoms with Gasteiger partial charge in [-0.1, -0.05) is 0 Å². The first-order chi connectivity index (χ1) is 4.86. The molecule has 1 aliphatic heterocycles. The fourth-order valence-corrected chi connectivity index (χ4v) is 3.79. The molecule has 0 saturated carbocycles. The van der Waals surface area contributed by atoms with Crippen LogP contribution in [0.5, 0.6) is 0 Å². The lowest BCUT2D eigenvalue weighted by molar-refractivity contribution is 0.526. The van der Waals surface area contributed by atoms with E-state index in [1.807, 2.05) is 0 Å². The minimum absolute atomic E-state index is 0.967. The van der Waals surface area contributed by atoms with E-state index in [9.17, 15) is 0 Å². The normalized spacial score (nSPS) is 30.9. The minimum atomic E-state index is -1.28. The Morgan fingerprint density at radius 1 is 1.18 bits per heavy atom. The Labute approximate surface area is 71.2 Å². The van der Waals surface area contributed by atoms with E-state index in [0.29, 0.717) is 0 Å². The van der Waals surface area contributed by atoms with E-state index in [4.69, 9.17) is 0 Å². The number of thiol groups is 1. The average molecular weight is 177 g/mol. The number of nitrogens with one attached hydrogen (secondary N) is 1. The highest BCUT2D eigenvalue weighted by atomic mass is 32.3. The van der Waals surface area contributed by atoms with Crippen molar-refractivity contribution in [2.75, 3.05) is 38.1 Å². The molecule has 0 aliphatic carbocycles. The molecule has 1 heterocycles. The molecule has 0 spiro atoms. The van der Waals surface area contributed by atoms with Crippen molar-refractivity contribution in [2.24, 2.45) is 0 Å². The second-order valence-electron chi connectivity index (χ2n) is 5.72. The standard InChI is InChI=1S/C9H23NS/c1-11(2,3,4)9-6-5-7-10-8-9/h9-11H,5-8H2,1-4H3. The summed E-state index contributed by atoms with van der Waals surface area (Å²) in [4.78, 5) is 0. The quantitative estimate of drug-likeness (QED) is 0.576. The molecule has 2 heteroatoms. The van der Waals surface area contributed by atoms with Crippen LogP contribution >= 0.6 is 9.16 Å². The highest BCUT2D eigenvalue weighted by molar-refractivity contribution is 8.48. The highest BCUT2D eigenvalue weighted by Gasteiger charge is 2.31. The molecule has 1 fully saturated rings. The second-order valence-corrected chi connectivity index (χ2v) is 13.9. The van der Waals surface area contributed by atoms with Gasteiger partial charge in [-0.25, -0.2) is 0 Å². The summed E-state index contributed by atoms with van der Waals surface area (Å²) in [7, 11) is -1.28. The molecule has 0 aromatic rings. The summed E-state index contributed by atoms with van der Waals surface area (Å²) < 4.78 is 0. The van der Waals surface area contributed by atoms with E-state index >= 15 is 0 Å². The van der Waals surface area contributed by atoms with Crippen molar-refractivity contribution >= 4 is 9.16 Å². The number of piperidine rings is 1. The largest absolute Gasteiger partial charge is 0.316 e. The molecule has 70 valence electrons. The van der Waals surface area contributed by atoms with Gasteiger partial charge in [0.15, 0.2) is 0 Å². The first kappa shape index (κ1) is 9.40. The molecule has 0 aromatic carbocycles. The van der Waals surface area contributed by atoms with Crippen molar-refractivity contribution in [2.45, 2.75) is 18.1 Å². The van der Waals surface area contributed by atoms with Gasteiger partial charge in [0.1, 0.15) is 0 Å². The Hall–Kier alpha value is 0.310. The van der Waals surface area contributed by atoms with Gasteiger partial charge in [-0.2, -0.15) is 0 Å². The lowest BCUT2D eigenvalue weighted by atomic mass is 10.2. The Kier molecular flexibility index (Phi) is 2.28. The van der Waals surface area contributed by atoms with Crippen LogP contribution in [0.15, 0.2) is 0 Å². The van der Waals surface area contributed by atoms with Crippen LogP contribution in [-0.2, 0) is 0 Å². The maximum Gasteiger partial charge on any atom is 0.00424 e. The minimum Gasteiger partial charge on any atom is -0.316 e. The molecule has 1 aliphatic rings. The van der Waals surface area contributed by atoms with Crippen molar-refractivity contribution in [3.05, 3.63) is 0 Å². The molecule has 1 nitrogen and oxygen atoms in total.